The molecule has 1 amide bonds. The Morgan fingerprint density at radius 1 is 1.15 bits per heavy atom. The summed E-state index contributed by atoms with van der Waals surface area (Å²) in [6.45, 7) is 1.18. The Labute approximate surface area is 197 Å². The third-order valence-corrected chi connectivity index (χ3v) is 7.72. The zero-order valence-corrected chi connectivity index (χ0v) is 19.8. The van der Waals surface area contributed by atoms with Crippen molar-refractivity contribution >= 4 is 38.2 Å². The highest BCUT2D eigenvalue weighted by atomic mass is 32.1. The van der Waals surface area contributed by atoms with Crippen LogP contribution >= 0.6 is 11.3 Å². The van der Waals surface area contributed by atoms with Gasteiger partial charge in [0.25, 0.3) is 5.91 Å². The molecule has 0 radical (unpaired) electrons. The first kappa shape index (κ1) is 21.8. The summed E-state index contributed by atoms with van der Waals surface area (Å²) in [4.78, 5) is 32.6. The molecule has 6 nitrogen and oxygen atoms in total. The summed E-state index contributed by atoms with van der Waals surface area (Å²) < 4.78 is 3.15. The maximum Gasteiger partial charge on any atom is 0.251 e. The Morgan fingerprint density at radius 3 is 2.67 bits per heavy atom. The number of rotatable bonds is 7. The lowest BCUT2D eigenvalue weighted by Crippen LogP contribution is -2.24. The molecule has 3 heterocycles. The first-order chi connectivity index (χ1) is 16.0. The Bertz CT molecular complexity index is 1320. The molecule has 1 saturated heterocycles. The first-order valence-electron chi connectivity index (χ1n) is 11.5. The molecule has 0 unspecified atom stereocenters. The summed E-state index contributed by atoms with van der Waals surface area (Å²) in [5.74, 6) is 0.120. The molecule has 1 aliphatic heterocycles. The maximum absolute atomic E-state index is 12.8. The largest absolute Gasteiger partial charge is 0.355 e. The second-order valence-electron chi connectivity index (χ2n) is 8.81. The van der Waals surface area contributed by atoms with Crippen LogP contribution in [0.1, 0.15) is 52.8 Å². The van der Waals surface area contributed by atoms with E-state index in [1.165, 1.54) is 19.4 Å². The fraction of sp³-hybridized carbons (Fsp3) is 0.346. The van der Waals surface area contributed by atoms with Crippen LogP contribution in [0.15, 0.2) is 48.7 Å². The number of fused-ring (bicyclic) bond motifs is 3. The number of benzene rings is 2. The standard InChI is InChI=1S/C26H28N4O2S/c1-27-25(32)18-10-8-17(9-11-18)21-16-30-22-13-12-19(15-24(22)33-26(30)28-21)23(31)7-3-5-20-6-4-14-29(20)2/h8-13,15-16,20H,3-7,14H2,1-2H3,(H,27,32)/t20-/m0/s1. The van der Waals surface area contributed by atoms with E-state index in [-0.39, 0.29) is 11.7 Å². The monoisotopic (exact) mass is 460 g/mol. The average Bonchev–Trinajstić information content (AvgIpc) is 3.52. The number of Topliss-reactive ketones (excluding diaryl/α,β-unsaturated/α-hetero) is 1. The van der Waals surface area contributed by atoms with Crippen molar-refractivity contribution in [3.63, 3.8) is 0 Å². The maximum atomic E-state index is 12.8. The molecule has 2 aromatic carbocycles. The Balaban J connectivity index is 1.31. The van der Waals surface area contributed by atoms with Gasteiger partial charge in [0.05, 0.1) is 15.9 Å². The van der Waals surface area contributed by atoms with E-state index >= 15 is 0 Å². The highest BCUT2D eigenvalue weighted by molar-refractivity contribution is 7.23. The lowest BCUT2D eigenvalue weighted by atomic mass is 10.0. The van der Waals surface area contributed by atoms with Crippen molar-refractivity contribution in [3.8, 4) is 11.3 Å². The molecule has 0 bridgehead atoms. The molecule has 1 atom stereocenters. The third kappa shape index (κ3) is 4.30. The van der Waals surface area contributed by atoms with Gasteiger partial charge in [-0.05, 0) is 69.6 Å². The molecule has 2 aromatic heterocycles. The third-order valence-electron chi connectivity index (χ3n) is 6.70. The molecule has 1 fully saturated rings. The zero-order valence-electron chi connectivity index (χ0n) is 19.0. The molecule has 0 saturated carbocycles. The second kappa shape index (κ2) is 9.08. The van der Waals surface area contributed by atoms with Gasteiger partial charge in [0.15, 0.2) is 10.7 Å². The van der Waals surface area contributed by atoms with Crippen molar-refractivity contribution in [2.24, 2.45) is 0 Å². The molecule has 5 rings (SSSR count). The van der Waals surface area contributed by atoms with Gasteiger partial charge in [0.2, 0.25) is 0 Å². The molecule has 0 aliphatic carbocycles. The van der Waals surface area contributed by atoms with Crippen LogP contribution in [0.5, 0.6) is 0 Å². The van der Waals surface area contributed by atoms with E-state index in [9.17, 15) is 9.59 Å². The van der Waals surface area contributed by atoms with Crippen molar-refractivity contribution in [1.82, 2.24) is 19.6 Å². The number of aromatic nitrogens is 2. The van der Waals surface area contributed by atoms with E-state index in [1.807, 2.05) is 48.7 Å². The normalized spacial score (nSPS) is 16.6. The highest BCUT2D eigenvalue weighted by Crippen LogP contribution is 2.31. The van der Waals surface area contributed by atoms with Crippen LogP contribution in [0.25, 0.3) is 26.4 Å². The predicted molar refractivity (Wildman–Crippen MR) is 133 cm³/mol. The van der Waals surface area contributed by atoms with Gasteiger partial charge >= 0.3 is 0 Å². The molecule has 1 N–H and O–H groups in total. The SMILES string of the molecule is CNC(=O)c1ccc(-c2cn3c(n2)sc2cc(C(=O)CCC[C@H]4CCCN4C)ccc23)cc1. The second-order valence-corrected chi connectivity index (χ2v) is 9.82. The number of hydrogen-bond acceptors (Lipinski definition) is 5. The molecule has 0 spiro atoms. The van der Waals surface area contributed by atoms with E-state index in [1.54, 1.807) is 18.4 Å². The van der Waals surface area contributed by atoms with Gasteiger partial charge in [-0.2, -0.15) is 0 Å². The molecule has 33 heavy (non-hydrogen) atoms. The number of likely N-dealkylation sites (tertiary alicyclic amines) is 1. The van der Waals surface area contributed by atoms with Crippen molar-refractivity contribution in [2.75, 3.05) is 20.6 Å². The summed E-state index contributed by atoms with van der Waals surface area (Å²) in [7, 11) is 3.81. The summed E-state index contributed by atoms with van der Waals surface area (Å²) in [5, 5.41) is 2.63. The number of hydrogen-bond donors (Lipinski definition) is 1. The summed E-state index contributed by atoms with van der Waals surface area (Å²) >= 11 is 1.59. The summed E-state index contributed by atoms with van der Waals surface area (Å²) in [6, 6.07) is 14.1. The van der Waals surface area contributed by atoms with Crippen LogP contribution in [0.2, 0.25) is 0 Å². The number of carbonyl (C=O) groups excluding carboxylic acids is 2. The van der Waals surface area contributed by atoms with Crippen molar-refractivity contribution in [2.45, 2.75) is 38.1 Å². The lowest BCUT2D eigenvalue weighted by Gasteiger charge is -2.18. The van der Waals surface area contributed by atoms with E-state index in [4.69, 9.17) is 4.98 Å². The lowest BCUT2D eigenvalue weighted by molar-refractivity contribution is 0.0959. The first-order valence-corrected chi connectivity index (χ1v) is 12.3. The van der Waals surface area contributed by atoms with Crippen LogP contribution in [0.4, 0.5) is 0 Å². The quantitative estimate of drug-likeness (QED) is 0.393. The minimum atomic E-state index is -0.102. The van der Waals surface area contributed by atoms with Crippen molar-refractivity contribution < 1.29 is 9.59 Å². The predicted octanol–water partition coefficient (Wildman–Crippen LogP) is 5.02. The minimum Gasteiger partial charge on any atom is -0.355 e. The van der Waals surface area contributed by atoms with E-state index in [2.05, 4.69) is 21.7 Å². The van der Waals surface area contributed by atoms with Crippen LogP contribution in [0, 0.1) is 0 Å². The molecule has 170 valence electrons. The van der Waals surface area contributed by atoms with E-state index in [0.29, 0.717) is 18.0 Å². The number of carbonyl (C=O) groups is 2. The van der Waals surface area contributed by atoms with Gasteiger partial charge < -0.3 is 10.2 Å². The van der Waals surface area contributed by atoms with Crippen LogP contribution < -0.4 is 5.32 Å². The van der Waals surface area contributed by atoms with Gasteiger partial charge in [0, 0.05) is 42.4 Å². The number of thiazole rings is 1. The van der Waals surface area contributed by atoms with Gasteiger partial charge in [-0.15, -0.1) is 0 Å². The molecule has 7 heteroatoms. The number of nitrogens with one attached hydrogen (secondary N) is 1. The number of ketones is 1. The van der Waals surface area contributed by atoms with Gasteiger partial charge in [-0.3, -0.25) is 14.0 Å². The van der Waals surface area contributed by atoms with E-state index < -0.39 is 0 Å². The minimum absolute atomic E-state index is 0.102. The van der Waals surface area contributed by atoms with Gasteiger partial charge in [-0.1, -0.05) is 23.5 Å². The highest BCUT2D eigenvalue weighted by Gasteiger charge is 2.21. The van der Waals surface area contributed by atoms with Crippen molar-refractivity contribution in [3.05, 3.63) is 59.8 Å². The number of imidazole rings is 1. The Hall–Kier alpha value is -3.03. The van der Waals surface area contributed by atoms with Gasteiger partial charge in [0.1, 0.15) is 0 Å². The zero-order chi connectivity index (χ0) is 22.9. The topological polar surface area (TPSA) is 66.7 Å². The Kier molecular flexibility index (Phi) is 6.00. The van der Waals surface area contributed by atoms with Crippen LogP contribution in [-0.4, -0.2) is 52.7 Å². The summed E-state index contributed by atoms with van der Waals surface area (Å²) in [6.07, 6.45) is 7.20. The van der Waals surface area contributed by atoms with Crippen molar-refractivity contribution in [1.29, 1.82) is 0 Å². The molecule has 4 aromatic rings. The van der Waals surface area contributed by atoms with Gasteiger partial charge in [-0.25, -0.2) is 4.98 Å². The smallest absolute Gasteiger partial charge is 0.251 e. The number of nitrogens with zero attached hydrogens (tertiary/aromatic N) is 3. The number of amides is 1. The fourth-order valence-corrected chi connectivity index (χ4v) is 5.78. The Morgan fingerprint density at radius 2 is 1.94 bits per heavy atom. The molecule has 1 aliphatic rings. The molecular formula is C26H28N4O2S. The van der Waals surface area contributed by atoms with Crippen LogP contribution in [-0.2, 0) is 0 Å². The average molecular weight is 461 g/mol. The van der Waals surface area contributed by atoms with Crippen LogP contribution in [0.3, 0.4) is 0 Å². The fourth-order valence-electron chi connectivity index (χ4n) is 4.74. The summed E-state index contributed by atoms with van der Waals surface area (Å²) in [5.41, 5.74) is 4.30. The van der Waals surface area contributed by atoms with E-state index in [0.717, 1.165) is 44.8 Å². The molecular weight excluding hydrogens is 432 g/mol.